The van der Waals surface area contributed by atoms with Crippen LogP contribution in [0.5, 0.6) is 11.5 Å². The van der Waals surface area contributed by atoms with Gasteiger partial charge in [0.1, 0.15) is 11.0 Å². The van der Waals surface area contributed by atoms with Gasteiger partial charge in [0.05, 0.1) is 36.6 Å². The third-order valence-corrected chi connectivity index (χ3v) is 9.55. The van der Waals surface area contributed by atoms with Gasteiger partial charge in [-0.05, 0) is 42.4 Å². The van der Waals surface area contributed by atoms with Crippen LogP contribution in [0.2, 0.25) is 0 Å². The highest BCUT2D eigenvalue weighted by molar-refractivity contribution is 6.32. The molecule has 0 radical (unpaired) electrons. The molecule has 1 fully saturated rings. The molecule has 5 aromatic rings. The number of ketones is 2. The molecule has 206 valence electrons. The number of fused-ring (bicyclic) bond motifs is 8. The number of methoxy groups -OCH3 is 2. The van der Waals surface area contributed by atoms with Crippen LogP contribution < -0.4 is 9.47 Å². The van der Waals surface area contributed by atoms with E-state index in [1.54, 1.807) is 26.4 Å². The Balaban J connectivity index is 1.52. The number of benzene rings is 4. The molecule has 2 aliphatic carbocycles. The van der Waals surface area contributed by atoms with E-state index in [1.165, 1.54) is 0 Å². The van der Waals surface area contributed by atoms with Gasteiger partial charge < -0.3 is 9.47 Å². The quantitative estimate of drug-likeness (QED) is 0.267. The van der Waals surface area contributed by atoms with Gasteiger partial charge in [0.2, 0.25) is 0 Å². The van der Waals surface area contributed by atoms with Crippen LogP contribution in [0.3, 0.4) is 0 Å². The first kappa shape index (κ1) is 24.9. The van der Waals surface area contributed by atoms with Crippen molar-refractivity contribution in [3.05, 3.63) is 119 Å². The van der Waals surface area contributed by atoms with Crippen LogP contribution in [0.1, 0.15) is 43.5 Å². The van der Waals surface area contributed by atoms with Gasteiger partial charge >= 0.3 is 0 Å². The average Bonchev–Trinajstić information content (AvgIpc) is 3.57. The summed E-state index contributed by atoms with van der Waals surface area (Å²) in [5.41, 5.74) is 3.58. The summed E-state index contributed by atoms with van der Waals surface area (Å²) in [4.78, 5) is 42.8. The SMILES string of the molecule is COc1ccc([C@H]2CN(C)[C@]3(c4ccccc4-c4nc5ccccc5nc43)C23C(=O)c2ccccc2C3=O)cc1OC. The number of nitrogens with zero attached hydrogens (tertiary/aromatic N) is 3. The van der Waals surface area contributed by atoms with Gasteiger partial charge in [0, 0.05) is 29.2 Å². The van der Waals surface area contributed by atoms with Crippen molar-refractivity contribution in [2.24, 2.45) is 5.41 Å². The number of hydrogen-bond acceptors (Lipinski definition) is 7. The van der Waals surface area contributed by atoms with E-state index in [1.807, 2.05) is 85.9 Å². The zero-order chi connectivity index (χ0) is 28.8. The smallest absolute Gasteiger partial charge is 0.180 e. The van der Waals surface area contributed by atoms with Crippen LogP contribution in [0, 0.1) is 5.41 Å². The predicted molar refractivity (Wildman–Crippen MR) is 158 cm³/mol. The molecule has 2 atom stereocenters. The van der Waals surface area contributed by atoms with Crippen molar-refractivity contribution in [2.75, 3.05) is 27.8 Å². The number of aromatic nitrogens is 2. The summed E-state index contributed by atoms with van der Waals surface area (Å²) in [6, 6.07) is 28.6. The second-order valence-electron chi connectivity index (χ2n) is 11.2. The van der Waals surface area contributed by atoms with Crippen molar-refractivity contribution < 1.29 is 19.1 Å². The Morgan fingerprint density at radius 1 is 0.738 bits per heavy atom. The molecule has 0 saturated carbocycles. The van der Waals surface area contributed by atoms with E-state index in [9.17, 15) is 0 Å². The number of carbonyl (C=O) groups is 2. The lowest BCUT2D eigenvalue weighted by Gasteiger charge is -2.44. The topological polar surface area (TPSA) is 81.6 Å². The maximum absolute atomic E-state index is 15.1. The Morgan fingerprint density at radius 3 is 2.00 bits per heavy atom. The molecule has 2 spiro atoms. The van der Waals surface area contributed by atoms with Gasteiger partial charge in [-0.1, -0.05) is 66.7 Å². The molecule has 0 unspecified atom stereocenters. The molecule has 3 aliphatic rings. The highest BCUT2D eigenvalue weighted by atomic mass is 16.5. The normalized spacial score (nSPS) is 21.6. The Morgan fingerprint density at radius 2 is 1.33 bits per heavy atom. The summed E-state index contributed by atoms with van der Waals surface area (Å²) in [6.07, 6.45) is 0. The minimum absolute atomic E-state index is 0.190. The largest absolute Gasteiger partial charge is 0.493 e. The number of para-hydroxylation sites is 2. The number of rotatable bonds is 3. The van der Waals surface area contributed by atoms with E-state index >= 15 is 9.59 Å². The monoisotopic (exact) mass is 553 g/mol. The third kappa shape index (κ3) is 2.74. The van der Waals surface area contributed by atoms with Crippen LogP contribution in [0.25, 0.3) is 22.3 Å². The molecule has 0 N–H and O–H groups in total. The minimum atomic E-state index is -1.54. The zero-order valence-corrected chi connectivity index (χ0v) is 23.4. The maximum Gasteiger partial charge on any atom is 0.180 e. The van der Waals surface area contributed by atoms with Crippen LogP contribution in [-0.2, 0) is 5.54 Å². The van der Waals surface area contributed by atoms with Crippen molar-refractivity contribution in [2.45, 2.75) is 11.5 Å². The lowest BCUT2D eigenvalue weighted by atomic mass is 9.58. The second kappa shape index (κ2) is 8.57. The average molecular weight is 554 g/mol. The molecule has 2 heterocycles. The maximum atomic E-state index is 15.1. The van der Waals surface area contributed by atoms with Crippen LogP contribution in [0.15, 0.2) is 91.0 Å². The van der Waals surface area contributed by atoms with E-state index in [0.717, 1.165) is 27.7 Å². The lowest BCUT2D eigenvalue weighted by molar-refractivity contribution is 0.0462. The molecule has 1 aliphatic heterocycles. The molecule has 4 aromatic carbocycles. The van der Waals surface area contributed by atoms with Gasteiger partial charge in [0.15, 0.2) is 23.1 Å². The fourth-order valence-corrected chi connectivity index (χ4v) is 7.94. The van der Waals surface area contributed by atoms with Crippen molar-refractivity contribution in [3.8, 4) is 22.8 Å². The summed E-state index contributed by atoms with van der Waals surface area (Å²) in [5.74, 6) is 0.233. The van der Waals surface area contributed by atoms with Gasteiger partial charge in [-0.3, -0.25) is 14.5 Å². The standard InChI is InChI=1S/C35H27N3O4/c1-38-19-25(20-16-17-28(41-2)29(18-20)42-3)34(32(39)21-10-4-5-11-22(21)33(34)40)35(38)24-13-7-6-12-23(24)30-31(35)37-27-15-9-8-14-26(27)36-30/h4-18,25H,19H2,1-3H3/t25-,35+/m1/s1. The first-order valence-corrected chi connectivity index (χ1v) is 14.0. The van der Waals surface area contributed by atoms with Crippen LogP contribution in [0.4, 0.5) is 0 Å². The lowest BCUT2D eigenvalue weighted by Crippen LogP contribution is -2.56. The van der Waals surface area contributed by atoms with Gasteiger partial charge in [-0.15, -0.1) is 0 Å². The van der Waals surface area contributed by atoms with Gasteiger partial charge in [0.25, 0.3) is 0 Å². The fraction of sp³-hybridized carbons (Fsp3) is 0.200. The van der Waals surface area contributed by atoms with E-state index in [-0.39, 0.29) is 11.6 Å². The molecular weight excluding hydrogens is 526 g/mol. The summed E-state index contributed by atoms with van der Waals surface area (Å²) in [5, 5.41) is 0. The summed E-state index contributed by atoms with van der Waals surface area (Å²) in [7, 11) is 5.17. The van der Waals surface area contributed by atoms with Gasteiger partial charge in [-0.2, -0.15) is 0 Å². The number of likely N-dealkylation sites (N-methyl/N-ethyl adjacent to an activating group) is 1. The molecule has 7 nitrogen and oxygen atoms in total. The third-order valence-electron chi connectivity index (χ3n) is 9.55. The van der Waals surface area contributed by atoms with Gasteiger partial charge in [-0.25, -0.2) is 9.97 Å². The number of likely N-dealkylation sites (tertiary alicyclic amines) is 1. The molecule has 0 amide bonds. The summed E-state index contributed by atoms with van der Waals surface area (Å²) in [6.45, 7) is 0.434. The molecule has 8 rings (SSSR count). The molecule has 42 heavy (non-hydrogen) atoms. The first-order valence-electron chi connectivity index (χ1n) is 14.0. The highest BCUT2D eigenvalue weighted by Gasteiger charge is 2.77. The molecule has 0 bridgehead atoms. The molecule has 1 saturated heterocycles. The Hall–Kier alpha value is -4.88. The van der Waals surface area contributed by atoms with Crippen molar-refractivity contribution in [1.29, 1.82) is 0 Å². The predicted octanol–water partition coefficient (Wildman–Crippen LogP) is 5.67. The summed E-state index contributed by atoms with van der Waals surface area (Å²) < 4.78 is 11.2. The molecule has 7 heteroatoms. The minimum Gasteiger partial charge on any atom is -0.493 e. The van der Waals surface area contributed by atoms with Crippen molar-refractivity contribution >= 4 is 22.6 Å². The number of carbonyl (C=O) groups excluding carboxylic acids is 2. The van der Waals surface area contributed by atoms with Crippen molar-refractivity contribution in [3.63, 3.8) is 0 Å². The first-order chi connectivity index (χ1) is 20.5. The Labute approximate surface area is 242 Å². The van der Waals surface area contributed by atoms with Crippen molar-refractivity contribution in [1.82, 2.24) is 14.9 Å². The highest BCUT2D eigenvalue weighted by Crippen LogP contribution is 2.69. The number of ether oxygens (including phenoxy) is 2. The number of Topliss-reactive ketones (excluding diaryl/α,β-unsaturated/α-hetero) is 2. The fourth-order valence-electron chi connectivity index (χ4n) is 7.94. The van der Waals surface area contributed by atoms with E-state index in [2.05, 4.69) is 4.90 Å². The molecule has 1 aromatic heterocycles. The number of hydrogen-bond donors (Lipinski definition) is 0. The summed E-state index contributed by atoms with van der Waals surface area (Å²) >= 11 is 0. The Kier molecular flexibility index (Phi) is 5.07. The van der Waals surface area contributed by atoms with E-state index in [0.29, 0.717) is 40.6 Å². The second-order valence-corrected chi connectivity index (χ2v) is 11.2. The zero-order valence-electron chi connectivity index (χ0n) is 23.4. The van der Waals surface area contributed by atoms with Crippen LogP contribution in [-0.4, -0.2) is 54.2 Å². The van der Waals surface area contributed by atoms with E-state index < -0.39 is 16.9 Å². The van der Waals surface area contributed by atoms with Crippen LogP contribution >= 0.6 is 0 Å². The molecular formula is C35H27N3O4. The van der Waals surface area contributed by atoms with E-state index in [4.69, 9.17) is 19.4 Å². The Bertz CT molecular complexity index is 1950.